The summed E-state index contributed by atoms with van der Waals surface area (Å²) in [5.41, 5.74) is 2.48. The van der Waals surface area contributed by atoms with Crippen molar-refractivity contribution < 1.29 is 9.47 Å². The zero-order chi connectivity index (χ0) is 10.5. The maximum Gasteiger partial charge on any atom is 0.0728 e. The van der Waals surface area contributed by atoms with Gasteiger partial charge in [-0.3, -0.25) is 4.98 Å². The highest BCUT2D eigenvalue weighted by Crippen LogP contribution is 2.26. The van der Waals surface area contributed by atoms with Crippen LogP contribution in [0.5, 0.6) is 0 Å². The zero-order valence-electron chi connectivity index (χ0n) is 9.11. The first-order valence-electron chi connectivity index (χ1n) is 5.40. The second-order valence-electron chi connectivity index (χ2n) is 3.95. The van der Waals surface area contributed by atoms with Crippen LogP contribution in [0, 0.1) is 0 Å². The molecule has 1 aromatic rings. The van der Waals surface area contributed by atoms with Gasteiger partial charge in [0.2, 0.25) is 0 Å². The highest BCUT2D eigenvalue weighted by Gasteiger charge is 2.16. The molecule has 82 valence electrons. The number of hydrogen-bond donors (Lipinski definition) is 0. The number of nitrogens with zero attached hydrogens (tertiary/aromatic N) is 1. The van der Waals surface area contributed by atoms with Crippen LogP contribution in [0.25, 0.3) is 0 Å². The van der Waals surface area contributed by atoms with E-state index in [2.05, 4.69) is 11.1 Å². The van der Waals surface area contributed by atoms with Crippen LogP contribution < -0.4 is 0 Å². The first kappa shape index (κ1) is 10.6. The van der Waals surface area contributed by atoms with Gasteiger partial charge >= 0.3 is 0 Å². The van der Waals surface area contributed by atoms with E-state index in [4.69, 9.17) is 9.47 Å². The molecule has 0 atom stereocenters. The molecule has 0 radical (unpaired) electrons. The molecule has 1 saturated heterocycles. The summed E-state index contributed by atoms with van der Waals surface area (Å²) in [5.74, 6) is 0.614. The topological polar surface area (TPSA) is 31.4 Å². The monoisotopic (exact) mass is 207 g/mol. The van der Waals surface area contributed by atoms with Crippen molar-refractivity contribution in [2.75, 3.05) is 20.3 Å². The molecule has 15 heavy (non-hydrogen) atoms. The standard InChI is InChI=1S/C12H17NO2/c1-14-9-10-6-12(8-13-7-10)11-2-4-15-5-3-11/h6-8,11H,2-5,9H2,1H3. The lowest BCUT2D eigenvalue weighted by Crippen LogP contribution is -2.14. The number of pyridine rings is 1. The van der Waals surface area contributed by atoms with Gasteiger partial charge < -0.3 is 9.47 Å². The van der Waals surface area contributed by atoms with Crippen molar-refractivity contribution in [3.8, 4) is 0 Å². The maximum atomic E-state index is 5.35. The molecular formula is C12H17NO2. The van der Waals surface area contributed by atoms with Crippen LogP contribution in [0.15, 0.2) is 18.5 Å². The lowest BCUT2D eigenvalue weighted by molar-refractivity contribution is 0.0852. The summed E-state index contributed by atoms with van der Waals surface area (Å²) in [6, 6.07) is 2.20. The van der Waals surface area contributed by atoms with Crippen LogP contribution in [-0.4, -0.2) is 25.3 Å². The quantitative estimate of drug-likeness (QED) is 0.760. The van der Waals surface area contributed by atoms with Crippen LogP contribution in [-0.2, 0) is 16.1 Å². The Balaban J connectivity index is 2.09. The minimum Gasteiger partial charge on any atom is -0.381 e. The van der Waals surface area contributed by atoms with E-state index in [0.717, 1.165) is 31.6 Å². The van der Waals surface area contributed by atoms with Crippen molar-refractivity contribution in [2.24, 2.45) is 0 Å². The van der Waals surface area contributed by atoms with Gasteiger partial charge in [0.05, 0.1) is 6.61 Å². The Morgan fingerprint density at radius 1 is 1.40 bits per heavy atom. The molecule has 2 rings (SSSR count). The molecule has 0 unspecified atom stereocenters. The molecule has 1 aromatic heterocycles. The highest BCUT2D eigenvalue weighted by atomic mass is 16.5. The molecule has 0 aromatic carbocycles. The molecule has 1 aliphatic heterocycles. The third-order valence-corrected chi connectivity index (χ3v) is 2.82. The fraction of sp³-hybridized carbons (Fsp3) is 0.583. The molecule has 2 heterocycles. The molecule has 1 aliphatic rings. The molecule has 0 N–H and O–H groups in total. The maximum absolute atomic E-state index is 5.35. The lowest BCUT2D eigenvalue weighted by Gasteiger charge is -2.22. The molecule has 3 heteroatoms. The van der Waals surface area contributed by atoms with Gasteiger partial charge in [0.25, 0.3) is 0 Å². The summed E-state index contributed by atoms with van der Waals surface area (Å²) in [6.07, 6.45) is 6.05. The fourth-order valence-corrected chi connectivity index (χ4v) is 2.01. The van der Waals surface area contributed by atoms with Gasteiger partial charge in [-0.2, -0.15) is 0 Å². The number of methoxy groups -OCH3 is 1. The van der Waals surface area contributed by atoms with Crippen molar-refractivity contribution in [2.45, 2.75) is 25.4 Å². The van der Waals surface area contributed by atoms with Gasteiger partial charge in [0.1, 0.15) is 0 Å². The number of hydrogen-bond acceptors (Lipinski definition) is 3. The average molecular weight is 207 g/mol. The molecule has 0 aliphatic carbocycles. The Labute approximate surface area is 90.4 Å². The van der Waals surface area contributed by atoms with E-state index >= 15 is 0 Å². The minimum absolute atomic E-state index is 0.614. The van der Waals surface area contributed by atoms with Gasteiger partial charge in [0.15, 0.2) is 0 Å². The second kappa shape index (κ2) is 5.24. The number of rotatable bonds is 3. The van der Waals surface area contributed by atoms with Crippen LogP contribution in [0.2, 0.25) is 0 Å². The summed E-state index contributed by atoms with van der Waals surface area (Å²) < 4.78 is 10.5. The van der Waals surface area contributed by atoms with Gasteiger partial charge in [-0.25, -0.2) is 0 Å². The number of ether oxygens (including phenoxy) is 2. The van der Waals surface area contributed by atoms with Crippen LogP contribution in [0.3, 0.4) is 0 Å². The largest absolute Gasteiger partial charge is 0.381 e. The van der Waals surface area contributed by atoms with Crippen LogP contribution in [0.1, 0.15) is 29.9 Å². The zero-order valence-corrected chi connectivity index (χ0v) is 9.11. The molecule has 1 fully saturated rings. The van der Waals surface area contributed by atoms with E-state index < -0.39 is 0 Å². The van der Waals surface area contributed by atoms with Gasteiger partial charge in [-0.1, -0.05) is 6.07 Å². The van der Waals surface area contributed by atoms with Crippen molar-refractivity contribution >= 4 is 0 Å². The fourth-order valence-electron chi connectivity index (χ4n) is 2.01. The SMILES string of the molecule is COCc1cncc(C2CCOCC2)c1. The van der Waals surface area contributed by atoms with Crippen molar-refractivity contribution in [3.05, 3.63) is 29.6 Å². The normalized spacial score (nSPS) is 17.9. The summed E-state index contributed by atoms with van der Waals surface area (Å²) in [5, 5.41) is 0. The van der Waals surface area contributed by atoms with E-state index in [1.54, 1.807) is 7.11 Å². The highest BCUT2D eigenvalue weighted by molar-refractivity contribution is 5.21. The van der Waals surface area contributed by atoms with E-state index in [9.17, 15) is 0 Å². The van der Waals surface area contributed by atoms with Crippen molar-refractivity contribution in [1.29, 1.82) is 0 Å². The smallest absolute Gasteiger partial charge is 0.0728 e. The molecule has 0 saturated carbocycles. The Morgan fingerprint density at radius 2 is 2.20 bits per heavy atom. The van der Waals surface area contributed by atoms with Gasteiger partial charge in [0, 0.05) is 32.7 Å². The van der Waals surface area contributed by atoms with Crippen LogP contribution >= 0.6 is 0 Å². The first-order chi connectivity index (χ1) is 7.40. The van der Waals surface area contributed by atoms with Gasteiger partial charge in [-0.05, 0) is 29.9 Å². The second-order valence-corrected chi connectivity index (χ2v) is 3.95. The average Bonchev–Trinajstić information content (AvgIpc) is 2.31. The van der Waals surface area contributed by atoms with Crippen LogP contribution in [0.4, 0.5) is 0 Å². The Kier molecular flexibility index (Phi) is 3.69. The van der Waals surface area contributed by atoms with E-state index in [1.165, 1.54) is 5.56 Å². The summed E-state index contributed by atoms with van der Waals surface area (Å²) >= 11 is 0. The molecule has 3 nitrogen and oxygen atoms in total. The minimum atomic E-state index is 0.614. The number of aromatic nitrogens is 1. The van der Waals surface area contributed by atoms with Crippen molar-refractivity contribution in [3.63, 3.8) is 0 Å². The Bertz CT molecular complexity index is 308. The van der Waals surface area contributed by atoms with E-state index in [0.29, 0.717) is 12.5 Å². The molecular weight excluding hydrogens is 190 g/mol. The molecule has 0 spiro atoms. The Hall–Kier alpha value is -0.930. The summed E-state index contributed by atoms with van der Waals surface area (Å²) in [6.45, 7) is 2.39. The Morgan fingerprint density at radius 3 is 2.93 bits per heavy atom. The third-order valence-electron chi connectivity index (χ3n) is 2.82. The predicted molar refractivity (Wildman–Crippen MR) is 57.7 cm³/mol. The predicted octanol–water partition coefficient (Wildman–Crippen LogP) is 2.12. The van der Waals surface area contributed by atoms with Gasteiger partial charge in [-0.15, -0.1) is 0 Å². The lowest BCUT2D eigenvalue weighted by atomic mass is 9.92. The summed E-state index contributed by atoms with van der Waals surface area (Å²) in [7, 11) is 1.71. The third kappa shape index (κ3) is 2.76. The summed E-state index contributed by atoms with van der Waals surface area (Å²) in [4.78, 5) is 4.26. The van der Waals surface area contributed by atoms with E-state index in [-0.39, 0.29) is 0 Å². The van der Waals surface area contributed by atoms with Crippen molar-refractivity contribution in [1.82, 2.24) is 4.98 Å². The van der Waals surface area contributed by atoms with E-state index in [1.807, 2.05) is 12.4 Å². The molecule has 0 bridgehead atoms. The molecule has 0 amide bonds. The first-order valence-corrected chi connectivity index (χ1v) is 5.40.